The van der Waals surface area contributed by atoms with Crippen LogP contribution in [0.4, 0.5) is 0 Å². The summed E-state index contributed by atoms with van der Waals surface area (Å²) >= 11 is 3.14. The molecule has 0 bridgehead atoms. The molecule has 0 fully saturated rings. The van der Waals surface area contributed by atoms with E-state index < -0.39 is 35.0 Å². The standard InChI is InChI=1S/C10H11BrN2O5S/c11-7-2-1-3-8(4-7)19(17,18)13-5-9(14)12-6-10(15)16/h1-4,13H,5-6H2,(H,12,14)(H,15,16). The van der Waals surface area contributed by atoms with Gasteiger partial charge in [-0.25, -0.2) is 13.1 Å². The van der Waals surface area contributed by atoms with Crippen LogP contribution in [0, 0.1) is 0 Å². The molecular weight excluding hydrogens is 340 g/mol. The topological polar surface area (TPSA) is 113 Å². The van der Waals surface area contributed by atoms with Gasteiger partial charge in [0.25, 0.3) is 0 Å². The van der Waals surface area contributed by atoms with E-state index in [1.165, 1.54) is 12.1 Å². The Labute approximate surface area is 118 Å². The second kappa shape index (κ2) is 6.64. The van der Waals surface area contributed by atoms with Gasteiger partial charge in [-0.2, -0.15) is 0 Å². The van der Waals surface area contributed by atoms with Crippen LogP contribution in [0.3, 0.4) is 0 Å². The Morgan fingerprint density at radius 2 is 1.95 bits per heavy atom. The van der Waals surface area contributed by atoms with Crippen LogP contribution < -0.4 is 10.0 Å². The summed E-state index contributed by atoms with van der Waals surface area (Å²) in [6.45, 7) is -1.08. The number of halogens is 1. The fourth-order valence-electron chi connectivity index (χ4n) is 1.11. The Bertz CT molecular complexity index is 587. The molecule has 0 saturated heterocycles. The first-order valence-corrected chi connectivity index (χ1v) is 7.32. The molecule has 9 heteroatoms. The van der Waals surface area contributed by atoms with Gasteiger partial charge in [0.05, 0.1) is 11.4 Å². The van der Waals surface area contributed by atoms with E-state index in [1.807, 2.05) is 5.32 Å². The normalized spacial score (nSPS) is 11.0. The van der Waals surface area contributed by atoms with Crippen LogP contribution >= 0.6 is 15.9 Å². The average molecular weight is 351 g/mol. The summed E-state index contributed by atoms with van der Waals surface area (Å²) in [6.07, 6.45) is 0. The van der Waals surface area contributed by atoms with E-state index in [4.69, 9.17) is 5.11 Å². The van der Waals surface area contributed by atoms with Gasteiger partial charge in [-0.15, -0.1) is 0 Å². The van der Waals surface area contributed by atoms with Crippen molar-refractivity contribution in [1.82, 2.24) is 10.0 Å². The van der Waals surface area contributed by atoms with Crippen LogP contribution in [0.25, 0.3) is 0 Å². The second-order valence-electron chi connectivity index (χ2n) is 3.45. The van der Waals surface area contributed by atoms with Crippen molar-refractivity contribution in [1.29, 1.82) is 0 Å². The van der Waals surface area contributed by atoms with Crippen molar-refractivity contribution >= 4 is 37.8 Å². The Morgan fingerprint density at radius 3 is 2.53 bits per heavy atom. The molecule has 0 unspecified atom stereocenters. The van der Waals surface area contributed by atoms with Gasteiger partial charge in [-0.1, -0.05) is 22.0 Å². The summed E-state index contributed by atoms with van der Waals surface area (Å²) in [4.78, 5) is 21.4. The molecule has 1 aromatic carbocycles. The molecule has 3 N–H and O–H groups in total. The molecule has 19 heavy (non-hydrogen) atoms. The first kappa shape index (κ1) is 15.6. The highest BCUT2D eigenvalue weighted by molar-refractivity contribution is 9.10. The number of carbonyl (C=O) groups excluding carboxylic acids is 1. The van der Waals surface area contributed by atoms with Crippen LogP contribution in [0.5, 0.6) is 0 Å². The number of carboxylic acids is 1. The number of amides is 1. The Morgan fingerprint density at radius 1 is 1.26 bits per heavy atom. The second-order valence-corrected chi connectivity index (χ2v) is 6.14. The molecule has 0 aliphatic carbocycles. The molecular formula is C10H11BrN2O5S. The number of hydrogen-bond acceptors (Lipinski definition) is 4. The molecule has 0 spiro atoms. The summed E-state index contributed by atoms with van der Waals surface area (Å²) in [7, 11) is -3.80. The molecule has 104 valence electrons. The molecule has 7 nitrogen and oxygen atoms in total. The lowest BCUT2D eigenvalue weighted by Crippen LogP contribution is -2.38. The number of hydrogen-bond donors (Lipinski definition) is 3. The van der Waals surface area contributed by atoms with Gasteiger partial charge >= 0.3 is 5.97 Å². The molecule has 0 aromatic heterocycles. The number of aliphatic carboxylic acids is 1. The Balaban J connectivity index is 2.61. The highest BCUT2D eigenvalue weighted by atomic mass is 79.9. The van der Waals surface area contributed by atoms with Crippen LogP contribution in [0.1, 0.15) is 0 Å². The SMILES string of the molecule is O=C(O)CNC(=O)CNS(=O)(=O)c1cccc(Br)c1. The van der Waals surface area contributed by atoms with E-state index in [9.17, 15) is 18.0 Å². The molecule has 1 amide bonds. The van der Waals surface area contributed by atoms with Gasteiger partial charge < -0.3 is 10.4 Å². The number of benzene rings is 1. The van der Waals surface area contributed by atoms with Gasteiger partial charge in [-0.05, 0) is 18.2 Å². The quantitative estimate of drug-likeness (QED) is 0.664. The van der Waals surface area contributed by atoms with Crippen molar-refractivity contribution in [2.24, 2.45) is 0 Å². The smallest absolute Gasteiger partial charge is 0.322 e. The molecule has 0 atom stereocenters. The van der Waals surface area contributed by atoms with Crippen LogP contribution in [0.2, 0.25) is 0 Å². The van der Waals surface area contributed by atoms with Crippen molar-refractivity contribution < 1.29 is 23.1 Å². The largest absolute Gasteiger partial charge is 0.480 e. The van der Waals surface area contributed by atoms with Crippen LogP contribution in [-0.4, -0.2) is 38.5 Å². The minimum absolute atomic E-state index is 0.00732. The van der Waals surface area contributed by atoms with Crippen molar-refractivity contribution in [3.05, 3.63) is 28.7 Å². The van der Waals surface area contributed by atoms with Crippen molar-refractivity contribution in [2.45, 2.75) is 4.90 Å². The fraction of sp³-hybridized carbons (Fsp3) is 0.200. The Kier molecular flexibility index (Phi) is 5.45. The number of rotatable bonds is 6. The summed E-state index contributed by atoms with van der Waals surface area (Å²) in [6, 6.07) is 5.97. The van der Waals surface area contributed by atoms with Crippen molar-refractivity contribution in [3.8, 4) is 0 Å². The van der Waals surface area contributed by atoms with E-state index in [0.29, 0.717) is 4.47 Å². The molecule has 1 rings (SSSR count). The molecule has 0 radical (unpaired) electrons. The van der Waals surface area contributed by atoms with Crippen molar-refractivity contribution in [3.63, 3.8) is 0 Å². The predicted molar refractivity (Wildman–Crippen MR) is 70.0 cm³/mol. The van der Waals surface area contributed by atoms with E-state index >= 15 is 0 Å². The minimum Gasteiger partial charge on any atom is -0.480 e. The monoisotopic (exact) mass is 350 g/mol. The number of carboxylic acid groups (broad SMARTS) is 1. The lowest BCUT2D eigenvalue weighted by Gasteiger charge is -2.07. The summed E-state index contributed by atoms with van der Waals surface area (Å²) in [5, 5.41) is 10.4. The zero-order valence-corrected chi connectivity index (χ0v) is 12.0. The third-order valence-electron chi connectivity index (χ3n) is 1.97. The van der Waals surface area contributed by atoms with E-state index in [1.54, 1.807) is 12.1 Å². The third kappa shape index (κ3) is 5.37. The van der Waals surface area contributed by atoms with E-state index in [0.717, 1.165) is 0 Å². The zero-order chi connectivity index (χ0) is 14.5. The number of nitrogens with one attached hydrogen (secondary N) is 2. The van der Waals surface area contributed by atoms with Crippen molar-refractivity contribution in [2.75, 3.05) is 13.1 Å². The van der Waals surface area contributed by atoms with Gasteiger partial charge in [0.15, 0.2) is 0 Å². The molecule has 0 aliphatic heterocycles. The molecule has 0 aliphatic rings. The first-order chi connectivity index (χ1) is 8.81. The lowest BCUT2D eigenvalue weighted by molar-refractivity contribution is -0.137. The molecule has 0 heterocycles. The summed E-state index contributed by atoms with van der Waals surface area (Å²) in [5.41, 5.74) is 0. The van der Waals surface area contributed by atoms with E-state index in [2.05, 4.69) is 20.7 Å². The van der Waals surface area contributed by atoms with Crippen LogP contribution in [-0.2, 0) is 19.6 Å². The fourth-order valence-corrected chi connectivity index (χ4v) is 2.69. The summed E-state index contributed by atoms with van der Waals surface area (Å²) in [5.74, 6) is -1.93. The number of sulfonamides is 1. The third-order valence-corrected chi connectivity index (χ3v) is 3.86. The average Bonchev–Trinajstić information content (AvgIpc) is 2.34. The minimum atomic E-state index is -3.80. The molecule has 0 saturated carbocycles. The maximum Gasteiger partial charge on any atom is 0.322 e. The van der Waals surface area contributed by atoms with Gasteiger partial charge in [-0.3, -0.25) is 9.59 Å². The highest BCUT2D eigenvalue weighted by Gasteiger charge is 2.15. The molecule has 1 aromatic rings. The van der Waals surface area contributed by atoms with Gasteiger partial charge in [0.1, 0.15) is 6.54 Å². The summed E-state index contributed by atoms with van der Waals surface area (Å²) < 4.78 is 26.3. The van der Waals surface area contributed by atoms with Gasteiger partial charge in [0, 0.05) is 4.47 Å². The first-order valence-electron chi connectivity index (χ1n) is 5.05. The maximum absolute atomic E-state index is 11.8. The zero-order valence-electron chi connectivity index (χ0n) is 9.59. The lowest BCUT2D eigenvalue weighted by atomic mass is 10.4. The van der Waals surface area contributed by atoms with Crippen LogP contribution in [0.15, 0.2) is 33.6 Å². The highest BCUT2D eigenvalue weighted by Crippen LogP contribution is 2.15. The van der Waals surface area contributed by atoms with Gasteiger partial charge in [0.2, 0.25) is 15.9 Å². The maximum atomic E-state index is 11.8. The Hall–Kier alpha value is -1.45. The number of carbonyl (C=O) groups is 2. The van der Waals surface area contributed by atoms with E-state index in [-0.39, 0.29) is 4.90 Å². The predicted octanol–water partition coefficient (Wildman–Crippen LogP) is -0.0718.